The molecule has 2 aromatic carbocycles. The number of benzene rings is 2. The maximum atomic E-state index is 12.9. The molecule has 0 radical (unpaired) electrons. The van der Waals surface area contributed by atoms with Crippen LogP contribution in [0.1, 0.15) is 11.1 Å². The number of fused-ring (bicyclic) bond motifs is 1. The van der Waals surface area contributed by atoms with Crippen LogP contribution in [-0.4, -0.2) is 4.57 Å². The molecule has 21 heavy (non-hydrogen) atoms. The summed E-state index contributed by atoms with van der Waals surface area (Å²) < 4.78 is 40.4. The van der Waals surface area contributed by atoms with Crippen molar-refractivity contribution < 1.29 is 13.2 Å². The van der Waals surface area contributed by atoms with Crippen molar-refractivity contribution in [2.24, 2.45) is 0 Å². The third kappa shape index (κ3) is 2.46. The summed E-state index contributed by atoms with van der Waals surface area (Å²) in [5.41, 5.74) is 7.28. The molecule has 0 aliphatic heterocycles. The van der Waals surface area contributed by atoms with Crippen molar-refractivity contribution >= 4 is 16.6 Å². The third-order valence-corrected chi connectivity index (χ3v) is 3.39. The van der Waals surface area contributed by atoms with Crippen LogP contribution in [-0.2, 0) is 6.18 Å². The smallest absolute Gasteiger partial charge is 0.399 e. The molecule has 0 aliphatic carbocycles. The summed E-state index contributed by atoms with van der Waals surface area (Å²) in [6.45, 7) is 1.94. The number of aromatic nitrogens is 1. The number of nitrogen functional groups attached to an aromatic ring is 1. The number of alkyl halides is 3. The van der Waals surface area contributed by atoms with E-state index in [0.717, 1.165) is 28.6 Å². The number of hydrogen-bond acceptors (Lipinski definition) is 1. The first-order valence-corrected chi connectivity index (χ1v) is 6.40. The number of anilines is 1. The molecule has 0 amide bonds. The van der Waals surface area contributed by atoms with Crippen molar-refractivity contribution in [1.29, 1.82) is 0 Å². The predicted octanol–water partition coefficient (Wildman–Crippen LogP) is 4.54. The van der Waals surface area contributed by atoms with Crippen LogP contribution in [0.25, 0.3) is 16.6 Å². The molecule has 0 spiro atoms. The van der Waals surface area contributed by atoms with Gasteiger partial charge in [-0.1, -0.05) is 12.1 Å². The monoisotopic (exact) mass is 290 g/mol. The fraction of sp³-hybridized carbons (Fsp3) is 0.125. The van der Waals surface area contributed by atoms with Crippen LogP contribution < -0.4 is 5.73 Å². The Morgan fingerprint density at radius 2 is 1.76 bits per heavy atom. The van der Waals surface area contributed by atoms with Gasteiger partial charge in [0.1, 0.15) is 0 Å². The standard InChI is InChI=1S/C16H13F3N2/c1-10-2-3-11-4-5-21(15(11)6-10)14-8-12(16(17,18)19)7-13(20)9-14/h2-9H,20H2,1H3. The number of aryl methyl sites for hydroxylation is 1. The Bertz CT molecular complexity index is 816. The molecule has 0 unspecified atom stereocenters. The molecule has 0 saturated heterocycles. The van der Waals surface area contributed by atoms with Gasteiger partial charge in [0.25, 0.3) is 0 Å². The minimum atomic E-state index is -4.41. The Labute approximate surface area is 119 Å². The molecule has 1 heterocycles. The largest absolute Gasteiger partial charge is 0.416 e. The first kappa shape index (κ1) is 13.5. The molecule has 0 saturated carbocycles. The Hall–Kier alpha value is -2.43. The van der Waals surface area contributed by atoms with E-state index in [-0.39, 0.29) is 5.69 Å². The van der Waals surface area contributed by atoms with Crippen molar-refractivity contribution in [1.82, 2.24) is 4.57 Å². The molecule has 2 N–H and O–H groups in total. The van der Waals surface area contributed by atoms with Gasteiger partial charge in [0.15, 0.2) is 0 Å². The summed E-state index contributed by atoms with van der Waals surface area (Å²) in [5.74, 6) is 0. The Balaban J connectivity index is 2.23. The molecule has 3 aromatic rings. The van der Waals surface area contributed by atoms with Gasteiger partial charge in [-0.2, -0.15) is 13.2 Å². The first-order chi connectivity index (χ1) is 9.84. The average Bonchev–Trinajstić information content (AvgIpc) is 2.79. The SMILES string of the molecule is Cc1ccc2ccn(-c3cc(N)cc(C(F)(F)F)c3)c2c1. The zero-order valence-electron chi connectivity index (χ0n) is 11.3. The van der Waals surface area contributed by atoms with E-state index in [1.165, 1.54) is 6.07 Å². The second-order valence-electron chi connectivity index (χ2n) is 5.06. The van der Waals surface area contributed by atoms with Gasteiger partial charge in [0.2, 0.25) is 0 Å². The van der Waals surface area contributed by atoms with Crippen LogP contribution in [0.2, 0.25) is 0 Å². The zero-order chi connectivity index (χ0) is 15.2. The van der Waals surface area contributed by atoms with Crippen LogP contribution in [0.3, 0.4) is 0 Å². The van der Waals surface area contributed by atoms with Crippen molar-refractivity contribution in [3.05, 3.63) is 59.8 Å². The lowest BCUT2D eigenvalue weighted by atomic mass is 10.1. The molecule has 0 bridgehead atoms. The topological polar surface area (TPSA) is 30.9 Å². The quantitative estimate of drug-likeness (QED) is 0.655. The zero-order valence-corrected chi connectivity index (χ0v) is 11.3. The number of hydrogen-bond donors (Lipinski definition) is 1. The summed E-state index contributed by atoms with van der Waals surface area (Å²) in [6, 6.07) is 11.3. The molecule has 1 aromatic heterocycles. The summed E-state index contributed by atoms with van der Waals surface area (Å²) in [5, 5.41) is 0.969. The maximum Gasteiger partial charge on any atom is 0.416 e. The molecule has 0 atom stereocenters. The van der Waals surface area contributed by atoms with Gasteiger partial charge in [-0.25, -0.2) is 0 Å². The fourth-order valence-corrected chi connectivity index (χ4v) is 2.40. The number of nitrogens with zero attached hydrogens (tertiary/aromatic N) is 1. The number of halogens is 3. The van der Waals surface area contributed by atoms with Crippen LogP contribution >= 0.6 is 0 Å². The highest BCUT2D eigenvalue weighted by molar-refractivity contribution is 5.82. The van der Waals surface area contributed by atoms with Crippen LogP contribution in [0.5, 0.6) is 0 Å². The van der Waals surface area contributed by atoms with Gasteiger partial charge >= 0.3 is 6.18 Å². The van der Waals surface area contributed by atoms with E-state index in [9.17, 15) is 13.2 Å². The normalized spacial score (nSPS) is 12.0. The molecular weight excluding hydrogens is 277 g/mol. The van der Waals surface area contributed by atoms with E-state index in [0.29, 0.717) is 5.69 Å². The number of nitrogens with two attached hydrogens (primary N) is 1. The highest BCUT2D eigenvalue weighted by Gasteiger charge is 2.31. The van der Waals surface area contributed by atoms with Crippen LogP contribution in [0, 0.1) is 6.92 Å². The third-order valence-electron chi connectivity index (χ3n) is 3.39. The van der Waals surface area contributed by atoms with E-state index in [2.05, 4.69) is 0 Å². The van der Waals surface area contributed by atoms with Gasteiger partial charge in [0.05, 0.1) is 11.1 Å². The van der Waals surface area contributed by atoms with Gasteiger partial charge in [-0.05, 0) is 48.2 Å². The highest BCUT2D eigenvalue weighted by Crippen LogP contribution is 2.33. The Kier molecular flexibility index (Phi) is 2.93. The van der Waals surface area contributed by atoms with E-state index in [4.69, 9.17) is 5.73 Å². The number of rotatable bonds is 1. The Morgan fingerprint density at radius 3 is 2.48 bits per heavy atom. The van der Waals surface area contributed by atoms with E-state index in [1.807, 2.05) is 31.2 Å². The van der Waals surface area contributed by atoms with Crippen molar-refractivity contribution in [3.8, 4) is 5.69 Å². The van der Waals surface area contributed by atoms with Gasteiger partial charge in [-0.3, -0.25) is 0 Å². The second-order valence-corrected chi connectivity index (χ2v) is 5.06. The molecule has 2 nitrogen and oxygen atoms in total. The van der Waals surface area contributed by atoms with Crippen molar-refractivity contribution in [3.63, 3.8) is 0 Å². The summed E-state index contributed by atoms with van der Waals surface area (Å²) in [6.07, 6.45) is -2.66. The highest BCUT2D eigenvalue weighted by atomic mass is 19.4. The molecule has 0 fully saturated rings. The summed E-state index contributed by atoms with van der Waals surface area (Å²) in [7, 11) is 0. The van der Waals surface area contributed by atoms with Gasteiger partial charge < -0.3 is 10.3 Å². The lowest BCUT2D eigenvalue weighted by molar-refractivity contribution is -0.137. The maximum absolute atomic E-state index is 12.9. The molecule has 0 aliphatic rings. The van der Waals surface area contributed by atoms with E-state index >= 15 is 0 Å². The first-order valence-electron chi connectivity index (χ1n) is 6.40. The molecule has 3 rings (SSSR count). The summed E-state index contributed by atoms with van der Waals surface area (Å²) in [4.78, 5) is 0. The summed E-state index contributed by atoms with van der Waals surface area (Å²) >= 11 is 0. The lowest BCUT2D eigenvalue weighted by Crippen LogP contribution is -2.07. The second kappa shape index (κ2) is 4.55. The lowest BCUT2D eigenvalue weighted by Gasteiger charge is -2.12. The minimum Gasteiger partial charge on any atom is -0.399 e. The average molecular weight is 290 g/mol. The minimum absolute atomic E-state index is 0.0920. The van der Waals surface area contributed by atoms with Crippen LogP contribution in [0.15, 0.2) is 48.7 Å². The van der Waals surface area contributed by atoms with E-state index < -0.39 is 11.7 Å². The Morgan fingerprint density at radius 1 is 1.00 bits per heavy atom. The molecule has 5 heteroatoms. The fourth-order valence-electron chi connectivity index (χ4n) is 2.40. The van der Waals surface area contributed by atoms with Crippen LogP contribution in [0.4, 0.5) is 18.9 Å². The van der Waals surface area contributed by atoms with Gasteiger partial charge in [0, 0.05) is 17.6 Å². The van der Waals surface area contributed by atoms with Gasteiger partial charge in [-0.15, -0.1) is 0 Å². The molecule has 108 valence electrons. The van der Waals surface area contributed by atoms with Crippen molar-refractivity contribution in [2.45, 2.75) is 13.1 Å². The van der Waals surface area contributed by atoms with Crippen molar-refractivity contribution in [2.75, 3.05) is 5.73 Å². The predicted molar refractivity (Wildman–Crippen MR) is 77.4 cm³/mol. The molecular formula is C16H13F3N2. The van der Waals surface area contributed by atoms with E-state index in [1.54, 1.807) is 10.8 Å².